The van der Waals surface area contributed by atoms with Gasteiger partial charge in [-0.15, -0.1) is 0 Å². The molecule has 2 rings (SSSR count). The first-order valence-electron chi connectivity index (χ1n) is 6.24. The number of amides is 1. The largest absolute Gasteiger partial charge is 0.496 e. The highest BCUT2D eigenvalue weighted by Gasteiger charge is 2.16. The number of carbonyl (C=O) groups is 1. The fourth-order valence-corrected chi connectivity index (χ4v) is 2.01. The second-order valence-electron chi connectivity index (χ2n) is 4.49. The van der Waals surface area contributed by atoms with E-state index in [-0.39, 0.29) is 11.7 Å². The first-order chi connectivity index (χ1) is 9.61. The fourth-order valence-electron chi connectivity index (χ4n) is 2.01. The number of carbonyl (C=O) groups excluding carboxylic acids is 1. The van der Waals surface area contributed by atoms with E-state index < -0.39 is 0 Å². The summed E-state index contributed by atoms with van der Waals surface area (Å²) >= 11 is 0. The average molecular weight is 273 g/mol. The number of hydrogen-bond donors (Lipinski definition) is 0. The van der Waals surface area contributed by atoms with E-state index in [4.69, 9.17) is 4.74 Å². The molecule has 2 aromatic rings. The van der Waals surface area contributed by atoms with Crippen LogP contribution in [0, 0.1) is 5.82 Å². The standard InChI is InChI=1S/C16H16FNO2/c1-18(11-12-6-5-7-13(17)10-12)16(19)14-8-3-4-9-15(14)20-2/h3-10H,11H2,1-2H3. The first kappa shape index (κ1) is 14.1. The summed E-state index contributed by atoms with van der Waals surface area (Å²) in [5.74, 6) is 0.0657. The molecule has 0 saturated carbocycles. The van der Waals surface area contributed by atoms with Gasteiger partial charge in [0.15, 0.2) is 0 Å². The zero-order chi connectivity index (χ0) is 14.5. The molecule has 0 aliphatic carbocycles. The summed E-state index contributed by atoms with van der Waals surface area (Å²) in [5, 5.41) is 0. The van der Waals surface area contributed by atoms with Crippen LogP contribution in [0.3, 0.4) is 0 Å². The Balaban J connectivity index is 2.16. The molecule has 0 aromatic heterocycles. The van der Waals surface area contributed by atoms with Crippen molar-refractivity contribution in [2.75, 3.05) is 14.2 Å². The van der Waals surface area contributed by atoms with Crippen LogP contribution in [0.25, 0.3) is 0 Å². The van der Waals surface area contributed by atoms with Crippen molar-refractivity contribution in [3.63, 3.8) is 0 Å². The zero-order valence-corrected chi connectivity index (χ0v) is 11.5. The predicted molar refractivity (Wildman–Crippen MR) is 75.2 cm³/mol. The maximum atomic E-state index is 13.1. The number of hydrogen-bond acceptors (Lipinski definition) is 2. The van der Waals surface area contributed by atoms with E-state index in [0.29, 0.717) is 17.9 Å². The molecule has 0 aliphatic heterocycles. The van der Waals surface area contributed by atoms with Crippen molar-refractivity contribution in [1.82, 2.24) is 4.90 Å². The van der Waals surface area contributed by atoms with Crippen molar-refractivity contribution in [2.24, 2.45) is 0 Å². The van der Waals surface area contributed by atoms with Crippen LogP contribution in [0.5, 0.6) is 5.75 Å². The molecule has 0 aliphatic rings. The molecular formula is C16H16FNO2. The van der Waals surface area contributed by atoms with Gasteiger partial charge in [-0.05, 0) is 29.8 Å². The van der Waals surface area contributed by atoms with Gasteiger partial charge in [0, 0.05) is 13.6 Å². The highest BCUT2D eigenvalue weighted by Crippen LogP contribution is 2.19. The van der Waals surface area contributed by atoms with Gasteiger partial charge in [-0.25, -0.2) is 4.39 Å². The molecule has 2 aromatic carbocycles. The Morgan fingerprint density at radius 2 is 1.95 bits per heavy atom. The molecule has 0 heterocycles. The van der Waals surface area contributed by atoms with E-state index in [1.165, 1.54) is 24.1 Å². The number of halogens is 1. The van der Waals surface area contributed by atoms with Crippen molar-refractivity contribution in [2.45, 2.75) is 6.54 Å². The molecule has 0 bridgehead atoms. The van der Waals surface area contributed by atoms with Crippen molar-refractivity contribution >= 4 is 5.91 Å². The van der Waals surface area contributed by atoms with Crippen LogP contribution >= 0.6 is 0 Å². The minimum Gasteiger partial charge on any atom is -0.496 e. The highest BCUT2D eigenvalue weighted by atomic mass is 19.1. The Morgan fingerprint density at radius 1 is 1.20 bits per heavy atom. The maximum absolute atomic E-state index is 13.1. The summed E-state index contributed by atoms with van der Waals surface area (Å²) < 4.78 is 18.3. The summed E-state index contributed by atoms with van der Waals surface area (Å²) in [6.07, 6.45) is 0. The lowest BCUT2D eigenvalue weighted by atomic mass is 10.1. The molecule has 0 N–H and O–H groups in total. The second kappa shape index (κ2) is 6.19. The summed E-state index contributed by atoms with van der Waals surface area (Å²) in [6.45, 7) is 0.342. The molecule has 0 atom stereocenters. The van der Waals surface area contributed by atoms with Gasteiger partial charge in [0.1, 0.15) is 11.6 Å². The zero-order valence-electron chi connectivity index (χ0n) is 11.5. The molecule has 20 heavy (non-hydrogen) atoms. The van der Waals surface area contributed by atoms with E-state index in [1.807, 2.05) is 6.07 Å². The highest BCUT2D eigenvalue weighted by molar-refractivity contribution is 5.96. The third-order valence-electron chi connectivity index (χ3n) is 2.99. The van der Waals surface area contributed by atoms with Gasteiger partial charge < -0.3 is 9.64 Å². The Bertz CT molecular complexity index is 613. The van der Waals surface area contributed by atoms with Gasteiger partial charge in [-0.1, -0.05) is 24.3 Å². The van der Waals surface area contributed by atoms with Gasteiger partial charge in [0.2, 0.25) is 0 Å². The molecule has 1 amide bonds. The van der Waals surface area contributed by atoms with Crippen molar-refractivity contribution in [3.8, 4) is 5.75 Å². The van der Waals surface area contributed by atoms with Crippen LogP contribution in [0.4, 0.5) is 4.39 Å². The minimum absolute atomic E-state index is 0.160. The summed E-state index contributed by atoms with van der Waals surface area (Å²) in [5.41, 5.74) is 1.24. The number of benzene rings is 2. The van der Waals surface area contributed by atoms with Crippen LogP contribution < -0.4 is 4.74 Å². The summed E-state index contributed by atoms with van der Waals surface area (Å²) in [6, 6.07) is 13.3. The summed E-state index contributed by atoms with van der Waals surface area (Å²) in [7, 11) is 3.21. The maximum Gasteiger partial charge on any atom is 0.257 e. The number of ether oxygens (including phenoxy) is 1. The van der Waals surface area contributed by atoms with Crippen LogP contribution in [0.2, 0.25) is 0 Å². The average Bonchev–Trinajstić information content (AvgIpc) is 2.46. The molecule has 4 heteroatoms. The van der Waals surface area contributed by atoms with Gasteiger partial charge >= 0.3 is 0 Å². The van der Waals surface area contributed by atoms with E-state index in [2.05, 4.69) is 0 Å². The lowest BCUT2D eigenvalue weighted by Gasteiger charge is -2.18. The normalized spacial score (nSPS) is 10.2. The third kappa shape index (κ3) is 3.15. The van der Waals surface area contributed by atoms with Crippen LogP contribution in [-0.2, 0) is 6.54 Å². The van der Waals surface area contributed by atoms with Gasteiger partial charge in [-0.3, -0.25) is 4.79 Å². The fraction of sp³-hybridized carbons (Fsp3) is 0.188. The lowest BCUT2D eigenvalue weighted by molar-refractivity contribution is 0.0781. The Morgan fingerprint density at radius 3 is 2.65 bits per heavy atom. The quantitative estimate of drug-likeness (QED) is 0.856. The number of nitrogens with zero attached hydrogens (tertiary/aromatic N) is 1. The molecule has 0 fully saturated rings. The van der Waals surface area contributed by atoms with E-state index in [0.717, 1.165) is 5.56 Å². The molecule has 0 spiro atoms. The predicted octanol–water partition coefficient (Wildman–Crippen LogP) is 3.11. The molecular weight excluding hydrogens is 257 g/mol. The minimum atomic E-state index is -0.305. The molecule has 0 saturated heterocycles. The van der Waals surface area contributed by atoms with Crippen LogP contribution in [0.1, 0.15) is 15.9 Å². The number of para-hydroxylation sites is 1. The van der Waals surface area contributed by atoms with Crippen molar-refractivity contribution in [1.29, 1.82) is 0 Å². The van der Waals surface area contributed by atoms with Crippen molar-refractivity contribution < 1.29 is 13.9 Å². The van der Waals surface area contributed by atoms with Crippen LogP contribution in [0.15, 0.2) is 48.5 Å². The number of rotatable bonds is 4. The molecule has 0 radical (unpaired) electrons. The van der Waals surface area contributed by atoms with E-state index in [9.17, 15) is 9.18 Å². The smallest absolute Gasteiger partial charge is 0.257 e. The number of methoxy groups -OCH3 is 1. The van der Waals surface area contributed by atoms with Gasteiger partial charge in [0.05, 0.1) is 12.7 Å². The second-order valence-corrected chi connectivity index (χ2v) is 4.49. The van der Waals surface area contributed by atoms with Crippen LogP contribution in [-0.4, -0.2) is 25.0 Å². The van der Waals surface area contributed by atoms with Gasteiger partial charge in [0.25, 0.3) is 5.91 Å². The van der Waals surface area contributed by atoms with Crippen molar-refractivity contribution in [3.05, 3.63) is 65.5 Å². The molecule has 0 unspecified atom stereocenters. The summed E-state index contributed by atoms with van der Waals surface area (Å²) in [4.78, 5) is 13.9. The van der Waals surface area contributed by atoms with E-state index in [1.54, 1.807) is 37.4 Å². The molecule has 104 valence electrons. The van der Waals surface area contributed by atoms with Gasteiger partial charge in [-0.2, -0.15) is 0 Å². The lowest BCUT2D eigenvalue weighted by Crippen LogP contribution is -2.26. The topological polar surface area (TPSA) is 29.5 Å². The SMILES string of the molecule is COc1ccccc1C(=O)N(C)Cc1cccc(F)c1. The third-order valence-corrected chi connectivity index (χ3v) is 2.99. The Labute approximate surface area is 117 Å². The monoisotopic (exact) mass is 273 g/mol. The van der Waals surface area contributed by atoms with E-state index >= 15 is 0 Å². The Hall–Kier alpha value is -2.36. The Kier molecular flexibility index (Phi) is 4.35. The molecule has 3 nitrogen and oxygen atoms in total. The first-order valence-corrected chi connectivity index (χ1v) is 6.24.